The van der Waals surface area contributed by atoms with Crippen LogP contribution in [-0.2, 0) is 9.59 Å². The highest BCUT2D eigenvalue weighted by Crippen LogP contribution is 2.38. The Balaban J connectivity index is 1.74. The molecular formula is C17H24N2O2S. The highest BCUT2D eigenvalue weighted by molar-refractivity contribution is 7.10. The van der Waals surface area contributed by atoms with E-state index in [-0.39, 0.29) is 23.8 Å². The highest BCUT2D eigenvalue weighted by Gasteiger charge is 2.39. The van der Waals surface area contributed by atoms with E-state index in [4.69, 9.17) is 0 Å². The second-order valence-corrected chi connectivity index (χ2v) is 7.43. The first-order chi connectivity index (χ1) is 10.7. The third-order valence-electron chi connectivity index (χ3n) is 4.98. The average Bonchev–Trinajstić information content (AvgIpc) is 3.04. The van der Waals surface area contributed by atoms with Crippen molar-refractivity contribution in [1.29, 1.82) is 0 Å². The molecule has 22 heavy (non-hydrogen) atoms. The fourth-order valence-corrected chi connectivity index (χ4v) is 4.65. The summed E-state index contributed by atoms with van der Waals surface area (Å²) in [6, 6.07) is 4.24. The van der Waals surface area contributed by atoms with Crippen LogP contribution >= 0.6 is 11.3 Å². The molecule has 2 atom stereocenters. The third-order valence-corrected chi connectivity index (χ3v) is 5.93. The van der Waals surface area contributed by atoms with E-state index in [1.165, 1.54) is 19.3 Å². The molecule has 0 spiro atoms. The zero-order valence-corrected chi connectivity index (χ0v) is 13.9. The predicted octanol–water partition coefficient (Wildman–Crippen LogP) is 3.11. The number of nitrogens with one attached hydrogen (secondary N) is 1. The minimum atomic E-state index is -0.122. The summed E-state index contributed by atoms with van der Waals surface area (Å²) in [7, 11) is 1.83. The van der Waals surface area contributed by atoms with Crippen LogP contribution in [0.1, 0.15) is 55.9 Å². The van der Waals surface area contributed by atoms with Crippen LogP contribution in [0.5, 0.6) is 0 Å². The molecule has 1 aliphatic carbocycles. The Labute approximate surface area is 135 Å². The SMILES string of the molecule is CN1C(=O)CC[C@H](C(=O)NC2CCCCC2)[C@@H]1c1cccs1. The molecule has 1 N–H and O–H groups in total. The molecule has 0 aromatic carbocycles. The Kier molecular flexibility index (Phi) is 4.81. The van der Waals surface area contributed by atoms with Crippen LogP contribution in [0, 0.1) is 5.92 Å². The van der Waals surface area contributed by atoms with E-state index in [0.717, 1.165) is 17.7 Å². The standard InChI is InChI=1S/C17H24N2O2S/c1-19-15(20)10-9-13(16(19)14-8-5-11-22-14)17(21)18-12-6-3-2-4-7-12/h5,8,11-13,16H,2-4,6-7,9-10H2,1H3,(H,18,21)/t13-,16+/m0/s1. The summed E-state index contributed by atoms with van der Waals surface area (Å²) < 4.78 is 0. The number of hydrogen-bond acceptors (Lipinski definition) is 3. The summed E-state index contributed by atoms with van der Waals surface area (Å²) in [6.07, 6.45) is 7.02. The van der Waals surface area contributed by atoms with Crippen molar-refractivity contribution in [2.45, 2.75) is 57.0 Å². The maximum atomic E-state index is 12.8. The van der Waals surface area contributed by atoms with Gasteiger partial charge in [-0.1, -0.05) is 25.3 Å². The number of carbonyl (C=O) groups excluding carboxylic acids is 2. The quantitative estimate of drug-likeness (QED) is 0.930. The highest BCUT2D eigenvalue weighted by atomic mass is 32.1. The van der Waals surface area contributed by atoms with Gasteiger partial charge in [-0.2, -0.15) is 0 Å². The van der Waals surface area contributed by atoms with Gasteiger partial charge in [0, 0.05) is 24.4 Å². The summed E-state index contributed by atoms with van der Waals surface area (Å²) in [5.41, 5.74) is 0. The van der Waals surface area contributed by atoms with Crippen LogP contribution in [0.4, 0.5) is 0 Å². The Morgan fingerprint density at radius 3 is 2.73 bits per heavy atom. The van der Waals surface area contributed by atoms with Crippen LogP contribution in [0.15, 0.2) is 17.5 Å². The van der Waals surface area contributed by atoms with Gasteiger partial charge in [0.25, 0.3) is 0 Å². The van der Waals surface area contributed by atoms with Gasteiger partial charge in [0.05, 0.1) is 12.0 Å². The van der Waals surface area contributed by atoms with Gasteiger partial charge >= 0.3 is 0 Å². The van der Waals surface area contributed by atoms with Gasteiger partial charge in [-0.3, -0.25) is 9.59 Å². The number of rotatable bonds is 3. The van der Waals surface area contributed by atoms with E-state index >= 15 is 0 Å². The van der Waals surface area contributed by atoms with E-state index in [2.05, 4.69) is 5.32 Å². The van der Waals surface area contributed by atoms with Gasteiger partial charge < -0.3 is 10.2 Å². The Bertz CT molecular complexity index is 523. The normalized spacial score (nSPS) is 27.0. The predicted molar refractivity (Wildman–Crippen MR) is 87.6 cm³/mol. The molecule has 1 aromatic rings. The molecule has 1 aromatic heterocycles. The van der Waals surface area contributed by atoms with Crippen molar-refractivity contribution in [1.82, 2.24) is 10.2 Å². The molecule has 2 heterocycles. The molecule has 4 nitrogen and oxygen atoms in total. The molecule has 120 valence electrons. The molecule has 2 fully saturated rings. The number of thiophene rings is 1. The lowest BCUT2D eigenvalue weighted by Gasteiger charge is -2.38. The third kappa shape index (κ3) is 3.19. The van der Waals surface area contributed by atoms with Crippen molar-refractivity contribution in [3.63, 3.8) is 0 Å². The first kappa shape index (κ1) is 15.5. The summed E-state index contributed by atoms with van der Waals surface area (Å²) >= 11 is 1.63. The molecule has 0 bridgehead atoms. The van der Waals surface area contributed by atoms with Crippen molar-refractivity contribution < 1.29 is 9.59 Å². The van der Waals surface area contributed by atoms with Crippen LogP contribution in [0.3, 0.4) is 0 Å². The molecule has 1 saturated carbocycles. The Hall–Kier alpha value is -1.36. The number of amides is 2. The summed E-state index contributed by atoms with van der Waals surface area (Å²) in [5, 5.41) is 5.26. The van der Waals surface area contributed by atoms with Crippen LogP contribution in [0.2, 0.25) is 0 Å². The minimum absolute atomic E-state index is 0.107. The van der Waals surface area contributed by atoms with Crippen LogP contribution < -0.4 is 5.32 Å². The molecule has 2 amide bonds. The van der Waals surface area contributed by atoms with Gasteiger partial charge in [-0.15, -0.1) is 11.3 Å². The van der Waals surface area contributed by atoms with E-state index in [1.54, 1.807) is 16.2 Å². The molecule has 3 rings (SSSR count). The van der Waals surface area contributed by atoms with E-state index < -0.39 is 0 Å². The van der Waals surface area contributed by atoms with Gasteiger partial charge in [-0.25, -0.2) is 0 Å². The zero-order chi connectivity index (χ0) is 15.5. The Morgan fingerprint density at radius 2 is 2.05 bits per heavy atom. The summed E-state index contributed by atoms with van der Waals surface area (Å²) in [6.45, 7) is 0. The fourth-order valence-electron chi connectivity index (χ4n) is 3.72. The van der Waals surface area contributed by atoms with Crippen LogP contribution in [-0.4, -0.2) is 29.8 Å². The summed E-state index contributed by atoms with van der Waals surface area (Å²) in [4.78, 5) is 27.7. The van der Waals surface area contributed by atoms with Crippen molar-refractivity contribution in [2.24, 2.45) is 5.92 Å². The second-order valence-electron chi connectivity index (χ2n) is 6.45. The topological polar surface area (TPSA) is 49.4 Å². The number of hydrogen-bond donors (Lipinski definition) is 1. The molecule has 1 aliphatic heterocycles. The lowest BCUT2D eigenvalue weighted by atomic mass is 9.86. The molecule has 0 unspecified atom stereocenters. The van der Waals surface area contributed by atoms with Crippen molar-refractivity contribution >= 4 is 23.2 Å². The summed E-state index contributed by atoms with van der Waals surface area (Å²) in [5.74, 6) is 0.146. The number of piperidine rings is 1. The number of likely N-dealkylation sites (tertiary alicyclic amines) is 1. The first-order valence-corrected chi connectivity index (χ1v) is 9.14. The molecular weight excluding hydrogens is 296 g/mol. The van der Waals surface area contributed by atoms with Gasteiger partial charge in [0.2, 0.25) is 11.8 Å². The van der Waals surface area contributed by atoms with Crippen molar-refractivity contribution in [3.05, 3.63) is 22.4 Å². The van der Waals surface area contributed by atoms with Gasteiger partial charge in [-0.05, 0) is 30.7 Å². The molecule has 0 radical (unpaired) electrons. The van der Waals surface area contributed by atoms with E-state index in [1.807, 2.05) is 24.6 Å². The average molecular weight is 320 g/mol. The molecule has 1 saturated heterocycles. The number of carbonyl (C=O) groups is 2. The maximum absolute atomic E-state index is 12.8. The molecule has 5 heteroatoms. The lowest BCUT2D eigenvalue weighted by molar-refractivity contribution is -0.141. The fraction of sp³-hybridized carbons (Fsp3) is 0.647. The number of nitrogens with zero attached hydrogens (tertiary/aromatic N) is 1. The van der Waals surface area contributed by atoms with Crippen LogP contribution in [0.25, 0.3) is 0 Å². The minimum Gasteiger partial charge on any atom is -0.353 e. The van der Waals surface area contributed by atoms with Gasteiger partial charge in [0.15, 0.2) is 0 Å². The largest absolute Gasteiger partial charge is 0.353 e. The zero-order valence-electron chi connectivity index (χ0n) is 13.1. The molecule has 2 aliphatic rings. The smallest absolute Gasteiger partial charge is 0.225 e. The maximum Gasteiger partial charge on any atom is 0.225 e. The first-order valence-electron chi connectivity index (χ1n) is 8.26. The monoisotopic (exact) mass is 320 g/mol. The lowest BCUT2D eigenvalue weighted by Crippen LogP contribution is -2.48. The Morgan fingerprint density at radius 1 is 1.27 bits per heavy atom. The second kappa shape index (κ2) is 6.82. The van der Waals surface area contributed by atoms with Crippen molar-refractivity contribution in [2.75, 3.05) is 7.05 Å². The van der Waals surface area contributed by atoms with E-state index in [0.29, 0.717) is 18.9 Å². The van der Waals surface area contributed by atoms with Crippen molar-refractivity contribution in [3.8, 4) is 0 Å². The van der Waals surface area contributed by atoms with E-state index in [9.17, 15) is 9.59 Å². The van der Waals surface area contributed by atoms with Gasteiger partial charge in [0.1, 0.15) is 0 Å².